The predicted molar refractivity (Wildman–Crippen MR) is 102 cm³/mol. The molecule has 2 heterocycles. The number of aromatic nitrogens is 3. The van der Waals surface area contributed by atoms with Gasteiger partial charge in [0.25, 0.3) is 0 Å². The Kier molecular flexibility index (Phi) is 6.48. The van der Waals surface area contributed by atoms with Gasteiger partial charge in [0.15, 0.2) is 11.0 Å². The Morgan fingerprint density at radius 3 is 2.93 bits per heavy atom. The number of hydrogen-bond donors (Lipinski definition) is 1. The van der Waals surface area contributed by atoms with Crippen molar-refractivity contribution < 1.29 is 13.9 Å². The van der Waals surface area contributed by atoms with Crippen molar-refractivity contribution >= 4 is 17.7 Å². The van der Waals surface area contributed by atoms with Crippen LogP contribution in [0.2, 0.25) is 0 Å². The van der Waals surface area contributed by atoms with Crippen molar-refractivity contribution in [2.45, 2.75) is 42.8 Å². The SMILES string of the molecule is C#CCNC(=O)C(C)Sc1nnc(-c2ccc(F)cc2)n1CC1CCCO1. The number of ether oxygens (including phenoxy) is 1. The smallest absolute Gasteiger partial charge is 0.234 e. The minimum atomic E-state index is -0.383. The van der Waals surface area contributed by atoms with E-state index in [4.69, 9.17) is 11.2 Å². The van der Waals surface area contributed by atoms with Gasteiger partial charge in [-0.1, -0.05) is 17.7 Å². The summed E-state index contributed by atoms with van der Waals surface area (Å²) in [7, 11) is 0. The Morgan fingerprint density at radius 2 is 2.26 bits per heavy atom. The van der Waals surface area contributed by atoms with Gasteiger partial charge in [-0.05, 0) is 44.0 Å². The Morgan fingerprint density at radius 1 is 1.48 bits per heavy atom. The van der Waals surface area contributed by atoms with Crippen LogP contribution in [0.15, 0.2) is 29.4 Å². The van der Waals surface area contributed by atoms with Crippen molar-refractivity contribution in [3.63, 3.8) is 0 Å². The number of nitrogens with zero attached hydrogens (tertiary/aromatic N) is 3. The van der Waals surface area contributed by atoms with Crippen molar-refractivity contribution in [2.24, 2.45) is 0 Å². The second-order valence-electron chi connectivity index (χ2n) is 6.24. The Balaban J connectivity index is 1.85. The zero-order valence-electron chi connectivity index (χ0n) is 15.0. The highest BCUT2D eigenvalue weighted by Crippen LogP contribution is 2.29. The number of benzene rings is 1. The lowest BCUT2D eigenvalue weighted by Gasteiger charge is -2.16. The first-order valence-corrected chi connectivity index (χ1v) is 9.65. The fraction of sp³-hybridized carbons (Fsp3) is 0.421. The lowest BCUT2D eigenvalue weighted by Crippen LogP contribution is -2.31. The molecule has 3 rings (SSSR count). The van der Waals surface area contributed by atoms with E-state index in [0.717, 1.165) is 25.0 Å². The van der Waals surface area contributed by atoms with E-state index in [0.29, 0.717) is 17.5 Å². The molecule has 142 valence electrons. The average Bonchev–Trinajstić information content (AvgIpc) is 3.31. The van der Waals surface area contributed by atoms with Gasteiger partial charge in [0.2, 0.25) is 5.91 Å². The van der Waals surface area contributed by atoms with Crippen LogP contribution in [0, 0.1) is 18.2 Å². The highest BCUT2D eigenvalue weighted by atomic mass is 32.2. The van der Waals surface area contributed by atoms with E-state index < -0.39 is 0 Å². The van der Waals surface area contributed by atoms with Crippen LogP contribution in [0.5, 0.6) is 0 Å². The average molecular weight is 388 g/mol. The molecule has 0 bridgehead atoms. The molecule has 0 aliphatic carbocycles. The van der Waals surface area contributed by atoms with Gasteiger partial charge in [0.1, 0.15) is 5.82 Å². The third kappa shape index (κ3) is 4.87. The van der Waals surface area contributed by atoms with Gasteiger partial charge >= 0.3 is 0 Å². The largest absolute Gasteiger partial charge is 0.376 e. The zero-order valence-corrected chi connectivity index (χ0v) is 15.8. The maximum atomic E-state index is 13.3. The highest BCUT2D eigenvalue weighted by Gasteiger charge is 2.24. The molecule has 1 aliphatic heterocycles. The summed E-state index contributed by atoms with van der Waals surface area (Å²) < 4.78 is 21.0. The predicted octanol–water partition coefficient (Wildman–Crippen LogP) is 2.49. The molecule has 1 saturated heterocycles. The second-order valence-corrected chi connectivity index (χ2v) is 7.55. The molecule has 1 fully saturated rings. The van der Waals surface area contributed by atoms with Crippen molar-refractivity contribution in [3.05, 3.63) is 30.1 Å². The van der Waals surface area contributed by atoms with E-state index in [1.807, 2.05) is 4.57 Å². The lowest BCUT2D eigenvalue weighted by atomic mass is 10.2. The number of thioether (sulfide) groups is 1. The van der Waals surface area contributed by atoms with E-state index in [1.54, 1.807) is 19.1 Å². The minimum Gasteiger partial charge on any atom is -0.376 e. The van der Waals surface area contributed by atoms with Gasteiger partial charge in [-0.3, -0.25) is 9.36 Å². The molecule has 1 amide bonds. The van der Waals surface area contributed by atoms with Crippen molar-refractivity contribution in [1.29, 1.82) is 0 Å². The summed E-state index contributed by atoms with van der Waals surface area (Å²) in [6.07, 6.45) is 7.24. The first-order chi connectivity index (χ1) is 13.1. The summed E-state index contributed by atoms with van der Waals surface area (Å²) in [5.74, 6) is 2.55. The van der Waals surface area contributed by atoms with E-state index in [1.165, 1.54) is 23.9 Å². The lowest BCUT2D eigenvalue weighted by molar-refractivity contribution is -0.120. The maximum absolute atomic E-state index is 13.3. The molecule has 1 aliphatic rings. The number of carbonyl (C=O) groups is 1. The van der Waals surface area contributed by atoms with Crippen LogP contribution < -0.4 is 5.32 Å². The molecule has 0 saturated carbocycles. The molecule has 6 nitrogen and oxygen atoms in total. The number of hydrogen-bond acceptors (Lipinski definition) is 5. The van der Waals surface area contributed by atoms with Crippen LogP contribution in [-0.2, 0) is 16.1 Å². The summed E-state index contributed by atoms with van der Waals surface area (Å²) in [4.78, 5) is 12.1. The molecule has 1 aromatic carbocycles. The summed E-state index contributed by atoms with van der Waals surface area (Å²) >= 11 is 1.31. The van der Waals surface area contributed by atoms with Crippen LogP contribution >= 0.6 is 11.8 Å². The molecular weight excluding hydrogens is 367 g/mol. The van der Waals surface area contributed by atoms with Crippen LogP contribution in [0.1, 0.15) is 19.8 Å². The molecule has 27 heavy (non-hydrogen) atoms. The first-order valence-electron chi connectivity index (χ1n) is 8.77. The number of carbonyl (C=O) groups excluding carboxylic acids is 1. The molecule has 0 radical (unpaired) electrons. The molecule has 0 spiro atoms. The third-order valence-electron chi connectivity index (χ3n) is 4.25. The van der Waals surface area contributed by atoms with Gasteiger partial charge in [0, 0.05) is 12.2 Å². The zero-order chi connectivity index (χ0) is 19.2. The number of nitrogens with one attached hydrogen (secondary N) is 1. The van der Waals surface area contributed by atoms with Gasteiger partial charge < -0.3 is 10.1 Å². The van der Waals surface area contributed by atoms with Gasteiger partial charge in [-0.2, -0.15) is 0 Å². The first kappa shape index (κ1) is 19.4. The van der Waals surface area contributed by atoms with Crippen LogP contribution in [-0.4, -0.2) is 45.2 Å². The molecule has 1 N–H and O–H groups in total. The highest BCUT2D eigenvalue weighted by molar-refractivity contribution is 8.00. The standard InChI is InChI=1S/C19H21FN4O2S/c1-3-10-21-18(25)13(2)27-19-23-22-17(14-6-8-15(20)9-7-14)24(19)12-16-5-4-11-26-16/h1,6-9,13,16H,4-5,10-12H2,2H3,(H,21,25). The molecule has 2 aromatic rings. The Labute approximate surface area is 161 Å². The maximum Gasteiger partial charge on any atom is 0.234 e. The van der Waals surface area contributed by atoms with E-state index in [2.05, 4.69) is 21.4 Å². The van der Waals surface area contributed by atoms with Crippen LogP contribution in [0.4, 0.5) is 4.39 Å². The Bertz CT molecular complexity index is 825. The van der Waals surface area contributed by atoms with E-state index >= 15 is 0 Å². The quantitative estimate of drug-likeness (QED) is 0.583. The fourth-order valence-electron chi connectivity index (χ4n) is 2.84. The fourth-order valence-corrected chi connectivity index (χ4v) is 3.72. The summed E-state index contributed by atoms with van der Waals surface area (Å²) in [6.45, 7) is 3.30. The van der Waals surface area contributed by atoms with Crippen LogP contribution in [0.3, 0.4) is 0 Å². The van der Waals surface area contributed by atoms with Crippen LogP contribution in [0.25, 0.3) is 11.4 Å². The summed E-state index contributed by atoms with van der Waals surface area (Å²) in [6, 6.07) is 6.12. The second kappa shape index (κ2) is 9.02. The molecule has 8 heteroatoms. The monoisotopic (exact) mass is 388 g/mol. The number of terminal acetylenes is 1. The van der Waals surface area contributed by atoms with Crippen molar-refractivity contribution in [1.82, 2.24) is 20.1 Å². The Hall–Kier alpha value is -2.37. The molecule has 2 unspecified atom stereocenters. The number of amides is 1. The molecule has 2 atom stereocenters. The topological polar surface area (TPSA) is 69.0 Å². The van der Waals surface area contributed by atoms with E-state index in [9.17, 15) is 9.18 Å². The summed E-state index contributed by atoms with van der Waals surface area (Å²) in [5.41, 5.74) is 0.762. The number of halogens is 1. The van der Waals surface area contributed by atoms with Gasteiger partial charge in [-0.15, -0.1) is 16.6 Å². The van der Waals surface area contributed by atoms with Gasteiger partial charge in [0.05, 0.1) is 24.4 Å². The third-order valence-corrected chi connectivity index (χ3v) is 5.33. The molecule has 1 aromatic heterocycles. The molecular formula is C19H21FN4O2S. The minimum absolute atomic E-state index is 0.0742. The summed E-state index contributed by atoms with van der Waals surface area (Å²) in [5, 5.41) is 11.5. The van der Waals surface area contributed by atoms with Crippen molar-refractivity contribution in [3.8, 4) is 23.7 Å². The van der Waals surface area contributed by atoms with Crippen molar-refractivity contribution in [2.75, 3.05) is 13.2 Å². The van der Waals surface area contributed by atoms with Gasteiger partial charge in [-0.25, -0.2) is 4.39 Å². The normalized spacial score (nSPS) is 17.4. The van der Waals surface area contributed by atoms with E-state index in [-0.39, 0.29) is 29.6 Å². The number of rotatable bonds is 7.